The van der Waals surface area contributed by atoms with Crippen molar-refractivity contribution in [2.24, 2.45) is 0 Å². The summed E-state index contributed by atoms with van der Waals surface area (Å²) in [5.41, 5.74) is 0.972. The second-order valence-electron chi connectivity index (χ2n) is 7.99. The highest BCUT2D eigenvalue weighted by atomic mass is 19.3. The van der Waals surface area contributed by atoms with Crippen LogP contribution in [0.15, 0.2) is 49.1 Å². The van der Waals surface area contributed by atoms with Crippen LogP contribution in [0.3, 0.4) is 0 Å². The second-order valence-corrected chi connectivity index (χ2v) is 7.99. The van der Waals surface area contributed by atoms with Gasteiger partial charge in [-0.3, -0.25) is 0 Å². The third kappa shape index (κ3) is 5.37. The molecule has 0 aliphatic rings. The van der Waals surface area contributed by atoms with Gasteiger partial charge < -0.3 is 0 Å². The lowest BCUT2D eigenvalue weighted by Gasteiger charge is -2.26. The fraction of sp³-hybridized carbons (Fsp3) is 0.360. The minimum atomic E-state index is -3.15. The molecule has 0 aliphatic carbocycles. The molecular formula is C25H28F4. The number of halogens is 4. The highest BCUT2D eigenvalue weighted by molar-refractivity contribution is 5.65. The minimum Gasteiger partial charge on any atom is -0.243 e. The molecule has 0 bridgehead atoms. The van der Waals surface area contributed by atoms with Crippen LogP contribution in [0.25, 0.3) is 11.9 Å². The molecular weight excluding hydrogens is 376 g/mol. The first-order valence-corrected chi connectivity index (χ1v) is 9.69. The van der Waals surface area contributed by atoms with Gasteiger partial charge in [0.05, 0.1) is 0 Å². The van der Waals surface area contributed by atoms with Crippen molar-refractivity contribution in [2.75, 3.05) is 0 Å². The molecule has 0 saturated carbocycles. The average Bonchev–Trinajstić information content (AvgIpc) is 2.63. The van der Waals surface area contributed by atoms with E-state index in [1.807, 2.05) is 26.0 Å². The van der Waals surface area contributed by atoms with Gasteiger partial charge in [0, 0.05) is 24.0 Å². The molecule has 2 rings (SSSR count). The van der Waals surface area contributed by atoms with E-state index in [0.29, 0.717) is 5.56 Å². The third-order valence-corrected chi connectivity index (χ3v) is 5.18. The van der Waals surface area contributed by atoms with Crippen LogP contribution in [0.2, 0.25) is 0 Å². The quantitative estimate of drug-likeness (QED) is 0.408. The predicted octanol–water partition coefficient (Wildman–Crippen LogP) is 8.15. The molecule has 1 atom stereocenters. The maximum Gasteiger partial charge on any atom is 0.271 e. The number of hydrogen-bond donors (Lipinski definition) is 0. The van der Waals surface area contributed by atoms with Crippen molar-refractivity contribution in [3.05, 3.63) is 82.4 Å². The van der Waals surface area contributed by atoms with E-state index < -0.39 is 23.3 Å². The molecule has 0 N–H and O–H groups in total. The summed E-state index contributed by atoms with van der Waals surface area (Å²) in [6, 6.07) is 9.50. The Morgan fingerprint density at radius 2 is 1.72 bits per heavy atom. The van der Waals surface area contributed by atoms with E-state index in [0.717, 1.165) is 30.5 Å². The lowest BCUT2D eigenvalue weighted by atomic mass is 9.83. The summed E-state index contributed by atoms with van der Waals surface area (Å²) in [4.78, 5) is 0. The summed E-state index contributed by atoms with van der Waals surface area (Å²) < 4.78 is 57.9. The van der Waals surface area contributed by atoms with Gasteiger partial charge in [0.2, 0.25) is 0 Å². The van der Waals surface area contributed by atoms with Gasteiger partial charge in [-0.2, -0.15) is 0 Å². The number of alkyl halides is 3. The van der Waals surface area contributed by atoms with Gasteiger partial charge >= 0.3 is 0 Å². The van der Waals surface area contributed by atoms with Gasteiger partial charge in [0.15, 0.2) is 0 Å². The summed E-state index contributed by atoms with van der Waals surface area (Å²) in [6.45, 7) is 11.0. The zero-order valence-electron chi connectivity index (χ0n) is 17.6. The Bertz CT molecular complexity index is 911. The maximum atomic E-state index is 15.1. The van der Waals surface area contributed by atoms with Crippen molar-refractivity contribution < 1.29 is 17.6 Å². The summed E-state index contributed by atoms with van der Waals surface area (Å²) in [5, 5.41) is 0. The van der Waals surface area contributed by atoms with E-state index in [1.54, 1.807) is 6.07 Å². The topological polar surface area (TPSA) is 0 Å². The zero-order chi connectivity index (χ0) is 22.0. The normalized spacial score (nSPS) is 14.0. The van der Waals surface area contributed by atoms with Crippen LogP contribution in [0.5, 0.6) is 0 Å². The maximum absolute atomic E-state index is 15.1. The molecule has 0 aliphatic heterocycles. The first-order valence-electron chi connectivity index (χ1n) is 9.69. The van der Waals surface area contributed by atoms with Crippen LogP contribution in [-0.2, 0) is 12.3 Å². The molecule has 0 saturated heterocycles. The molecule has 2 aromatic rings. The predicted molar refractivity (Wildman–Crippen MR) is 114 cm³/mol. The van der Waals surface area contributed by atoms with E-state index in [1.165, 1.54) is 38.1 Å². The molecule has 0 fully saturated rings. The van der Waals surface area contributed by atoms with Crippen LogP contribution in [-0.4, -0.2) is 5.67 Å². The average molecular weight is 404 g/mol. The number of hydrogen-bond acceptors (Lipinski definition) is 0. The molecule has 4 heteroatoms. The Balaban J connectivity index is 2.55. The van der Waals surface area contributed by atoms with E-state index in [-0.39, 0.29) is 16.7 Å². The van der Waals surface area contributed by atoms with Crippen molar-refractivity contribution in [2.45, 2.75) is 58.5 Å². The van der Waals surface area contributed by atoms with Crippen LogP contribution >= 0.6 is 0 Å². The summed E-state index contributed by atoms with van der Waals surface area (Å²) in [7, 11) is 0. The zero-order valence-corrected chi connectivity index (χ0v) is 17.6. The van der Waals surface area contributed by atoms with E-state index in [4.69, 9.17) is 0 Å². The lowest BCUT2D eigenvalue weighted by Crippen LogP contribution is -2.22. The minimum absolute atomic E-state index is 0.0109. The second kappa shape index (κ2) is 8.56. The monoisotopic (exact) mass is 404 g/mol. The fourth-order valence-corrected chi connectivity index (χ4v) is 3.51. The van der Waals surface area contributed by atoms with Crippen molar-refractivity contribution in [1.82, 2.24) is 0 Å². The van der Waals surface area contributed by atoms with Crippen molar-refractivity contribution in [3.8, 4) is 0 Å². The van der Waals surface area contributed by atoms with Crippen molar-refractivity contribution >= 4 is 11.9 Å². The molecule has 2 aromatic carbocycles. The number of allylic oxidation sites excluding steroid dienone is 1. The molecule has 0 aromatic heterocycles. The molecule has 0 spiro atoms. The SMILES string of the molecule is C=Cc1ccc(/C(F)=C/C(c2ccc(CC)c(C)c2)C(C)(C)F)cc1C(C)(F)F. The molecule has 0 amide bonds. The number of aryl methyl sites for hydroxylation is 2. The van der Waals surface area contributed by atoms with Crippen LogP contribution in [0.1, 0.15) is 67.0 Å². The smallest absolute Gasteiger partial charge is 0.243 e. The van der Waals surface area contributed by atoms with E-state index >= 15 is 4.39 Å². The van der Waals surface area contributed by atoms with Crippen molar-refractivity contribution in [1.29, 1.82) is 0 Å². The number of benzene rings is 2. The first-order chi connectivity index (χ1) is 13.4. The third-order valence-electron chi connectivity index (χ3n) is 5.18. The highest BCUT2D eigenvalue weighted by Gasteiger charge is 2.31. The molecule has 29 heavy (non-hydrogen) atoms. The Morgan fingerprint density at radius 3 is 2.21 bits per heavy atom. The van der Waals surface area contributed by atoms with Crippen molar-refractivity contribution in [3.63, 3.8) is 0 Å². The largest absolute Gasteiger partial charge is 0.271 e. The van der Waals surface area contributed by atoms with E-state index in [9.17, 15) is 13.2 Å². The summed E-state index contributed by atoms with van der Waals surface area (Å²) >= 11 is 0. The Morgan fingerprint density at radius 1 is 1.07 bits per heavy atom. The van der Waals surface area contributed by atoms with Crippen LogP contribution in [0, 0.1) is 6.92 Å². The highest BCUT2D eigenvalue weighted by Crippen LogP contribution is 2.38. The molecule has 0 heterocycles. The standard InChI is InChI=1S/C25H28F4/c1-7-17-9-11-19(13-16(17)3)21(24(4,5)27)15-23(26)20-12-10-18(8-2)22(14-20)25(6,28)29/h8-15,21H,2,7H2,1,3-6H3/b23-15-. The molecule has 0 radical (unpaired) electrons. The van der Waals surface area contributed by atoms with Gasteiger partial charge in [0.1, 0.15) is 11.5 Å². The first kappa shape index (κ1) is 22.9. The lowest BCUT2D eigenvalue weighted by molar-refractivity contribution is 0.0172. The van der Waals surface area contributed by atoms with Crippen LogP contribution in [0.4, 0.5) is 17.6 Å². The summed E-state index contributed by atoms with van der Waals surface area (Å²) in [6.07, 6.45) is 3.34. The van der Waals surface area contributed by atoms with Gasteiger partial charge in [-0.1, -0.05) is 49.9 Å². The van der Waals surface area contributed by atoms with Gasteiger partial charge in [-0.05, 0) is 61.6 Å². The summed E-state index contributed by atoms with van der Waals surface area (Å²) in [5.74, 6) is -4.75. The van der Waals surface area contributed by atoms with E-state index in [2.05, 4.69) is 6.58 Å². The van der Waals surface area contributed by atoms with Crippen LogP contribution < -0.4 is 0 Å². The molecule has 156 valence electrons. The Kier molecular flexibility index (Phi) is 6.77. The fourth-order valence-electron chi connectivity index (χ4n) is 3.51. The van der Waals surface area contributed by atoms with Gasteiger partial charge in [0.25, 0.3) is 5.92 Å². The Labute approximate surface area is 171 Å². The number of rotatable bonds is 7. The molecule has 1 unspecified atom stereocenters. The van der Waals surface area contributed by atoms with Gasteiger partial charge in [-0.25, -0.2) is 17.6 Å². The Hall–Kier alpha value is -2.36. The van der Waals surface area contributed by atoms with Gasteiger partial charge in [-0.15, -0.1) is 0 Å². The molecule has 0 nitrogen and oxygen atoms in total.